The molecule has 0 saturated carbocycles. The number of amides is 1. The molecule has 1 aliphatic heterocycles. The van der Waals surface area contributed by atoms with Gasteiger partial charge in [0.05, 0.1) is 19.3 Å². The van der Waals surface area contributed by atoms with Crippen LogP contribution >= 0.6 is 0 Å². The molecule has 1 saturated heterocycles. The SMILES string of the molecule is O=C(c1ccc(-n2cccc2)cc1)N1CCOCC1Cc1ccccc1. The Morgan fingerprint density at radius 1 is 0.962 bits per heavy atom. The molecule has 3 aromatic rings. The highest BCUT2D eigenvalue weighted by molar-refractivity contribution is 5.94. The number of carbonyl (C=O) groups excluding carboxylic acids is 1. The molecule has 2 aromatic carbocycles. The van der Waals surface area contributed by atoms with E-state index in [-0.39, 0.29) is 11.9 Å². The fraction of sp³-hybridized carbons (Fsp3) is 0.227. The number of aromatic nitrogens is 1. The molecule has 4 nitrogen and oxygen atoms in total. The van der Waals surface area contributed by atoms with Gasteiger partial charge in [-0.3, -0.25) is 4.79 Å². The molecule has 1 aromatic heterocycles. The van der Waals surface area contributed by atoms with E-state index in [1.54, 1.807) is 0 Å². The summed E-state index contributed by atoms with van der Waals surface area (Å²) in [7, 11) is 0. The molecule has 1 aliphatic rings. The van der Waals surface area contributed by atoms with E-state index in [0.29, 0.717) is 19.8 Å². The summed E-state index contributed by atoms with van der Waals surface area (Å²) < 4.78 is 7.67. The highest BCUT2D eigenvalue weighted by Crippen LogP contribution is 2.18. The number of hydrogen-bond acceptors (Lipinski definition) is 2. The zero-order chi connectivity index (χ0) is 17.8. The van der Waals surface area contributed by atoms with Gasteiger partial charge in [-0.1, -0.05) is 30.3 Å². The Labute approximate surface area is 153 Å². The maximum Gasteiger partial charge on any atom is 0.254 e. The van der Waals surface area contributed by atoms with Crippen LogP contribution in [0, 0.1) is 0 Å². The van der Waals surface area contributed by atoms with Crippen LogP contribution in [0.15, 0.2) is 79.1 Å². The van der Waals surface area contributed by atoms with E-state index in [1.165, 1.54) is 5.56 Å². The highest BCUT2D eigenvalue weighted by Gasteiger charge is 2.28. The summed E-state index contributed by atoms with van der Waals surface area (Å²) >= 11 is 0. The van der Waals surface area contributed by atoms with Crippen LogP contribution in [0.1, 0.15) is 15.9 Å². The first-order valence-corrected chi connectivity index (χ1v) is 8.97. The minimum Gasteiger partial charge on any atom is -0.377 e. The van der Waals surface area contributed by atoms with Gasteiger partial charge in [0.15, 0.2) is 0 Å². The number of rotatable bonds is 4. The van der Waals surface area contributed by atoms with Gasteiger partial charge < -0.3 is 14.2 Å². The van der Waals surface area contributed by atoms with Crippen LogP contribution in [-0.2, 0) is 11.2 Å². The molecule has 0 aliphatic carbocycles. The summed E-state index contributed by atoms with van der Waals surface area (Å²) in [5.41, 5.74) is 3.00. The number of ether oxygens (including phenoxy) is 1. The molecule has 0 bridgehead atoms. The third kappa shape index (κ3) is 3.55. The van der Waals surface area contributed by atoms with E-state index in [9.17, 15) is 4.79 Å². The van der Waals surface area contributed by atoms with Crippen molar-refractivity contribution in [1.82, 2.24) is 9.47 Å². The van der Waals surface area contributed by atoms with E-state index >= 15 is 0 Å². The van der Waals surface area contributed by atoms with E-state index in [1.807, 2.05) is 76.5 Å². The normalized spacial score (nSPS) is 17.2. The molecule has 132 valence electrons. The third-order valence-corrected chi connectivity index (χ3v) is 4.82. The average Bonchev–Trinajstić information content (AvgIpc) is 3.24. The number of nitrogens with zero attached hydrogens (tertiary/aromatic N) is 2. The molecular formula is C22H22N2O2. The molecule has 1 atom stereocenters. The van der Waals surface area contributed by atoms with Crippen molar-refractivity contribution in [3.05, 3.63) is 90.3 Å². The van der Waals surface area contributed by atoms with Crippen molar-refractivity contribution >= 4 is 5.91 Å². The van der Waals surface area contributed by atoms with Crippen LogP contribution in [0.3, 0.4) is 0 Å². The van der Waals surface area contributed by atoms with Gasteiger partial charge in [-0.2, -0.15) is 0 Å². The molecule has 1 amide bonds. The minimum atomic E-state index is 0.0720. The van der Waals surface area contributed by atoms with E-state index in [4.69, 9.17) is 4.74 Å². The Morgan fingerprint density at radius 2 is 1.69 bits per heavy atom. The van der Waals surface area contributed by atoms with Crippen molar-refractivity contribution in [2.24, 2.45) is 0 Å². The summed E-state index contributed by atoms with van der Waals surface area (Å²) in [6.45, 7) is 1.82. The van der Waals surface area contributed by atoms with Crippen molar-refractivity contribution in [3.8, 4) is 5.69 Å². The number of morpholine rings is 1. The maximum atomic E-state index is 13.1. The summed E-state index contributed by atoms with van der Waals surface area (Å²) in [6, 6.07) is 22.1. The first kappa shape index (κ1) is 16.6. The molecule has 4 heteroatoms. The van der Waals surface area contributed by atoms with Crippen LogP contribution in [0.25, 0.3) is 5.69 Å². The standard InChI is InChI=1S/C22H22N2O2/c25-22(19-8-10-20(11-9-19)23-12-4-5-13-23)24-14-15-26-17-21(24)16-18-6-2-1-3-7-18/h1-13,21H,14-17H2. The van der Waals surface area contributed by atoms with Gasteiger partial charge in [0.2, 0.25) is 0 Å². The quantitative estimate of drug-likeness (QED) is 0.724. The third-order valence-electron chi connectivity index (χ3n) is 4.82. The summed E-state index contributed by atoms with van der Waals surface area (Å²) in [4.78, 5) is 15.0. The summed E-state index contributed by atoms with van der Waals surface area (Å²) in [5, 5.41) is 0. The number of carbonyl (C=O) groups is 1. The topological polar surface area (TPSA) is 34.5 Å². The predicted molar refractivity (Wildman–Crippen MR) is 102 cm³/mol. The molecule has 0 N–H and O–H groups in total. The van der Waals surface area contributed by atoms with Gasteiger partial charge in [-0.25, -0.2) is 0 Å². The van der Waals surface area contributed by atoms with Gasteiger partial charge in [0.1, 0.15) is 0 Å². The second-order valence-electron chi connectivity index (χ2n) is 6.55. The molecule has 2 heterocycles. The van der Waals surface area contributed by atoms with Crippen molar-refractivity contribution < 1.29 is 9.53 Å². The van der Waals surface area contributed by atoms with Crippen LogP contribution in [0.4, 0.5) is 0 Å². The van der Waals surface area contributed by atoms with Crippen molar-refractivity contribution in [2.75, 3.05) is 19.8 Å². The first-order valence-electron chi connectivity index (χ1n) is 8.97. The lowest BCUT2D eigenvalue weighted by atomic mass is 10.0. The average molecular weight is 346 g/mol. The Hall–Kier alpha value is -2.85. The van der Waals surface area contributed by atoms with Gasteiger partial charge >= 0.3 is 0 Å². The lowest BCUT2D eigenvalue weighted by molar-refractivity contribution is -0.00163. The largest absolute Gasteiger partial charge is 0.377 e. The molecular weight excluding hydrogens is 324 g/mol. The second kappa shape index (κ2) is 7.58. The lowest BCUT2D eigenvalue weighted by Crippen LogP contribution is -2.49. The number of benzene rings is 2. The summed E-state index contributed by atoms with van der Waals surface area (Å²) in [5.74, 6) is 0.0771. The Balaban J connectivity index is 1.51. The van der Waals surface area contributed by atoms with Gasteiger partial charge in [0, 0.05) is 30.2 Å². The zero-order valence-electron chi connectivity index (χ0n) is 14.6. The van der Waals surface area contributed by atoms with Crippen molar-refractivity contribution in [3.63, 3.8) is 0 Å². The Bertz CT molecular complexity index is 842. The van der Waals surface area contributed by atoms with Crippen LogP contribution in [0.5, 0.6) is 0 Å². The molecule has 0 radical (unpaired) electrons. The van der Waals surface area contributed by atoms with E-state index < -0.39 is 0 Å². The highest BCUT2D eigenvalue weighted by atomic mass is 16.5. The first-order chi connectivity index (χ1) is 12.8. The van der Waals surface area contributed by atoms with E-state index in [0.717, 1.165) is 17.7 Å². The Kier molecular flexibility index (Phi) is 4.84. The second-order valence-corrected chi connectivity index (χ2v) is 6.55. The molecule has 0 spiro atoms. The fourth-order valence-corrected chi connectivity index (χ4v) is 3.43. The Morgan fingerprint density at radius 3 is 2.42 bits per heavy atom. The van der Waals surface area contributed by atoms with Crippen LogP contribution in [0.2, 0.25) is 0 Å². The lowest BCUT2D eigenvalue weighted by Gasteiger charge is -2.36. The van der Waals surface area contributed by atoms with Crippen molar-refractivity contribution in [1.29, 1.82) is 0 Å². The molecule has 26 heavy (non-hydrogen) atoms. The van der Waals surface area contributed by atoms with Crippen molar-refractivity contribution in [2.45, 2.75) is 12.5 Å². The minimum absolute atomic E-state index is 0.0720. The molecule has 4 rings (SSSR count). The summed E-state index contributed by atoms with van der Waals surface area (Å²) in [6.07, 6.45) is 4.80. The smallest absolute Gasteiger partial charge is 0.254 e. The molecule has 1 fully saturated rings. The fourth-order valence-electron chi connectivity index (χ4n) is 3.43. The zero-order valence-corrected chi connectivity index (χ0v) is 14.6. The van der Waals surface area contributed by atoms with E-state index in [2.05, 4.69) is 12.1 Å². The monoisotopic (exact) mass is 346 g/mol. The van der Waals surface area contributed by atoms with Gasteiger partial charge in [-0.15, -0.1) is 0 Å². The van der Waals surface area contributed by atoms with Gasteiger partial charge in [0.25, 0.3) is 5.91 Å². The predicted octanol–water partition coefficient (Wildman–Crippen LogP) is 3.56. The molecule has 1 unspecified atom stereocenters. The van der Waals surface area contributed by atoms with Crippen LogP contribution in [-0.4, -0.2) is 41.2 Å². The van der Waals surface area contributed by atoms with Gasteiger partial charge in [-0.05, 0) is 48.4 Å². The number of hydrogen-bond donors (Lipinski definition) is 0. The van der Waals surface area contributed by atoms with Crippen LogP contribution < -0.4 is 0 Å². The maximum absolute atomic E-state index is 13.1.